The maximum absolute atomic E-state index is 12.9. The smallest absolute Gasteiger partial charge is 0.306 e. The number of rotatable bonds is 63. The third-order valence-electron chi connectivity index (χ3n) is 15.2. The Labute approximate surface area is 491 Å². The average Bonchev–Trinajstić information content (AvgIpc) is 3.45. The lowest BCUT2D eigenvalue weighted by Crippen LogP contribution is -2.30. The molecule has 0 aromatic heterocycles. The Morgan fingerprint density at radius 2 is 0.494 bits per heavy atom. The van der Waals surface area contributed by atoms with Crippen molar-refractivity contribution in [3.8, 4) is 0 Å². The highest BCUT2D eigenvalue weighted by Gasteiger charge is 2.19. The summed E-state index contributed by atoms with van der Waals surface area (Å²) in [4.78, 5) is 38.3. The minimum Gasteiger partial charge on any atom is -0.462 e. The molecular formula is C73H130O6. The molecule has 0 spiro atoms. The zero-order valence-electron chi connectivity index (χ0n) is 52.6. The van der Waals surface area contributed by atoms with Crippen LogP contribution in [0.15, 0.2) is 72.9 Å². The lowest BCUT2D eigenvalue weighted by atomic mass is 10.0. The first-order chi connectivity index (χ1) is 39.0. The Kier molecular flexibility index (Phi) is 64.7. The van der Waals surface area contributed by atoms with Crippen molar-refractivity contribution in [1.82, 2.24) is 0 Å². The van der Waals surface area contributed by atoms with Crippen LogP contribution >= 0.6 is 0 Å². The maximum atomic E-state index is 12.9. The van der Waals surface area contributed by atoms with E-state index >= 15 is 0 Å². The van der Waals surface area contributed by atoms with Gasteiger partial charge >= 0.3 is 17.9 Å². The number of carbonyl (C=O) groups is 3. The first-order valence-corrected chi connectivity index (χ1v) is 34.4. The Balaban J connectivity index is 4.19. The summed E-state index contributed by atoms with van der Waals surface area (Å²) in [6.07, 6.45) is 87.9. The van der Waals surface area contributed by atoms with Crippen molar-refractivity contribution in [2.45, 2.75) is 361 Å². The first kappa shape index (κ1) is 75.8. The Morgan fingerprint density at radius 1 is 0.266 bits per heavy atom. The number of hydrogen-bond acceptors (Lipinski definition) is 6. The van der Waals surface area contributed by atoms with Crippen LogP contribution in [-0.2, 0) is 28.6 Å². The van der Waals surface area contributed by atoms with E-state index in [1.807, 2.05) is 0 Å². The molecule has 6 nitrogen and oxygen atoms in total. The largest absolute Gasteiger partial charge is 0.462 e. The van der Waals surface area contributed by atoms with Gasteiger partial charge in [0.25, 0.3) is 0 Å². The van der Waals surface area contributed by atoms with Gasteiger partial charge in [-0.1, -0.05) is 318 Å². The van der Waals surface area contributed by atoms with Gasteiger partial charge in [0, 0.05) is 19.3 Å². The number of esters is 3. The van der Waals surface area contributed by atoms with Gasteiger partial charge in [-0.2, -0.15) is 0 Å². The van der Waals surface area contributed by atoms with Crippen LogP contribution in [0, 0.1) is 0 Å². The van der Waals surface area contributed by atoms with Crippen LogP contribution in [0.4, 0.5) is 0 Å². The van der Waals surface area contributed by atoms with Crippen LogP contribution in [0.2, 0.25) is 0 Å². The monoisotopic (exact) mass is 1100 g/mol. The molecular weight excluding hydrogens is 973 g/mol. The van der Waals surface area contributed by atoms with E-state index < -0.39 is 6.10 Å². The molecule has 1 atom stereocenters. The highest BCUT2D eigenvalue weighted by atomic mass is 16.6. The molecule has 0 aliphatic carbocycles. The van der Waals surface area contributed by atoms with E-state index in [9.17, 15) is 14.4 Å². The van der Waals surface area contributed by atoms with Gasteiger partial charge in [0.2, 0.25) is 0 Å². The topological polar surface area (TPSA) is 78.9 Å². The summed E-state index contributed by atoms with van der Waals surface area (Å²) in [6.45, 7) is 6.55. The summed E-state index contributed by atoms with van der Waals surface area (Å²) >= 11 is 0. The molecule has 0 saturated carbocycles. The van der Waals surface area contributed by atoms with E-state index in [1.54, 1.807) is 0 Å². The van der Waals surface area contributed by atoms with Gasteiger partial charge in [0.05, 0.1) is 0 Å². The van der Waals surface area contributed by atoms with Crippen LogP contribution in [-0.4, -0.2) is 37.2 Å². The van der Waals surface area contributed by atoms with Crippen molar-refractivity contribution >= 4 is 17.9 Å². The van der Waals surface area contributed by atoms with E-state index in [1.165, 1.54) is 205 Å². The average molecular weight is 1100 g/mol. The Hall–Kier alpha value is -3.15. The van der Waals surface area contributed by atoms with Gasteiger partial charge in [0.15, 0.2) is 6.10 Å². The summed E-state index contributed by atoms with van der Waals surface area (Å²) in [5.74, 6) is -0.876. The second kappa shape index (κ2) is 67.4. The van der Waals surface area contributed by atoms with Gasteiger partial charge in [-0.25, -0.2) is 0 Å². The summed E-state index contributed by atoms with van der Waals surface area (Å²) in [6, 6.07) is 0. The number of allylic oxidation sites excluding steroid dienone is 12. The zero-order chi connectivity index (χ0) is 57.1. The molecule has 0 aliphatic rings. The van der Waals surface area contributed by atoms with Gasteiger partial charge in [-0.3, -0.25) is 14.4 Å². The van der Waals surface area contributed by atoms with Crippen LogP contribution in [0.25, 0.3) is 0 Å². The molecule has 0 radical (unpaired) electrons. The van der Waals surface area contributed by atoms with Gasteiger partial charge < -0.3 is 14.2 Å². The second-order valence-electron chi connectivity index (χ2n) is 23.1. The number of carbonyl (C=O) groups excluding carboxylic acids is 3. The number of ether oxygens (including phenoxy) is 3. The molecule has 458 valence electrons. The molecule has 0 aromatic rings. The van der Waals surface area contributed by atoms with Crippen molar-refractivity contribution in [1.29, 1.82) is 0 Å². The maximum Gasteiger partial charge on any atom is 0.306 e. The fraction of sp³-hybridized carbons (Fsp3) is 0.795. The van der Waals surface area contributed by atoms with Crippen molar-refractivity contribution < 1.29 is 28.6 Å². The van der Waals surface area contributed by atoms with E-state index in [-0.39, 0.29) is 31.1 Å². The standard InChI is InChI=1S/C73H130O6/c1-4-7-10-13-16-19-22-25-28-29-30-31-32-33-34-35-36-37-38-39-40-41-42-43-46-48-51-54-57-60-63-66-72(75)78-69-70(79-73(76)67-64-61-58-55-52-49-45-27-24-21-18-15-12-9-6-3)68-77-71(74)65-62-59-56-53-50-47-44-26-23-20-17-14-11-8-5-2/h9,12,18,21-22,25,27,29-30,32-33,45,70H,4-8,10-11,13-17,19-20,23-24,26,28,31,34-44,46-69H2,1-3H3/b12-9-,21-18-,25-22-,30-29-,33-32-,45-27-. The lowest BCUT2D eigenvalue weighted by Gasteiger charge is -2.18. The van der Waals surface area contributed by atoms with E-state index in [0.29, 0.717) is 19.3 Å². The predicted molar refractivity (Wildman–Crippen MR) is 344 cm³/mol. The van der Waals surface area contributed by atoms with E-state index in [0.717, 1.165) is 109 Å². The third-order valence-corrected chi connectivity index (χ3v) is 15.2. The van der Waals surface area contributed by atoms with Crippen molar-refractivity contribution in [2.75, 3.05) is 13.2 Å². The van der Waals surface area contributed by atoms with Crippen molar-refractivity contribution in [3.05, 3.63) is 72.9 Å². The highest BCUT2D eigenvalue weighted by molar-refractivity contribution is 5.71. The summed E-state index contributed by atoms with van der Waals surface area (Å²) in [5, 5.41) is 0. The molecule has 6 heteroatoms. The fourth-order valence-electron chi connectivity index (χ4n) is 10.1. The fourth-order valence-corrected chi connectivity index (χ4v) is 10.1. The zero-order valence-corrected chi connectivity index (χ0v) is 52.6. The quantitative estimate of drug-likeness (QED) is 0.0261. The third kappa shape index (κ3) is 65.5. The molecule has 0 aliphatic heterocycles. The molecule has 0 rings (SSSR count). The summed E-state index contributed by atoms with van der Waals surface area (Å²) in [7, 11) is 0. The van der Waals surface area contributed by atoms with Crippen LogP contribution in [0.1, 0.15) is 355 Å². The Bertz CT molecular complexity index is 1450. The molecule has 0 N–H and O–H groups in total. The van der Waals surface area contributed by atoms with Crippen molar-refractivity contribution in [2.24, 2.45) is 0 Å². The van der Waals surface area contributed by atoms with E-state index in [2.05, 4.69) is 93.7 Å². The molecule has 0 aromatic carbocycles. The molecule has 0 heterocycles. The molecule has 0 saturated heterocycles. The van der Waals surface area contributed by atoms with E-state index in [4.69, 9.17) is 14.2 Å². The predicted octanol–water partition coefficient (Wildman–Crippen LogP) is 23.7. The van der Waals surface area contributed by atoms with Gasteiger partial charge in [-0.15, -0.1) is 0 Å². The van der Waals surface area contributed by atoms with Crippen LogP contribution in [0.3, 0.4) is 0 Å². The SMILES string of the molecule is CC/C=C\C/C=C\C/C=C\CCCCCCCC(=O)OC(COC(=O)CCCCCCCCCCCCCCCCC)COC(=O)CCCCCCCCCCCCCCCCCC/C=C\C/C=C\C/C=C\CCCCCCC. The summed E-state index contributed by atoms with van der Waals surface area (Å²) < 4.78 is 16.9. The molecule has 0 fully saturated rings. The van der Waals surface area contributed by atoms with Gasteiger partial charge in [0.1, 0.15) is 13.2 Å². The molecule has 79 heavy (non-hydrogen) atoms. The van der Waals surface area contributed by atoms with Crippen LogP contribution < -0.4 is 0 Å². The minimum atomic E-state index is -0.783. The van der Waals surface area contributed by atoms with Gasteiger partial charge in [-0.05, 0) is 89.9 Å². The second-order valence-corrected chi connectivity index (χ2v) is 23.1. The minimum absolute atomic E-state index is 0.0780. The lowest BCUT2D eigenvalue weighted by molar-refractivity contribution is -0.167. The first-order valence-electron chi connectivity index (χ1n) is 34.4. The summed E-state index contributed by atoms with van der Waals surface area (Å²) in [5.41, 5.74) is 0. The highest BCUT2D eigenvalue weighted by Crippen LogP contribution is 2.18. The molecule has 0 bridgehead atoms. The molecule has 0 amide bonds. The number of unbranched alkanes of at least 4 members (excludes halogenated alkanes) is 40. The Morgan fingerprint density at radius 3 is 0.772 bits per heavy atom. The van der Waals surface area contributed by atoms with Crippen LogP contribution in [0.5, 0.6) is 0 Å². The molecule has 1 unspecified atom stereocenters. The number of hydrogen-bond donors (Lipinski definition) is 0. The van der Waals surface area contributed by atoms with Crippen molar-refractivity contribution in [3.63, 3.8) is 0 Å². The normalized spacial score (nSPS) is 12.5.